The minimum Gasteiger partial charge on any atom is -0.337 e. The maximum atomic E-state index is 13.5. The first kappa shape index (κ1) is 14.1. The Balaban J connectivity index is 2.19. The molecule has 0 saturated heterocycles. The van der Waals surface area contributed by atoms with Crippen LogP contribution in [0.1, 0.15) is 21.5 Å². The normalized spacial score (nSPS) is 10.4. The van der Waals surface area contributed by atoms with Crippen molar-refractivity contribution in [2.75, 3.05) is 7.05 Å². The Labute approximate surface area is 115 Å². The Hall–Kier alpha value is -2.30. The van der Waals surface area contributed by atoms with Crippen molar-refractivity contribution in [2.24, 2.45) is 0 Å². The van der Waals surface area contributed by atoms with E-state index in [1.54, 1.807) is 7.05 Å². The summed E-state index contributed by atoms with van der Waals surface area (Å²) < 4.78 is 26.6. The van der Waals surface area contributed by atoms with Crippen molar-refractivity contribution in [2.45, 2.75) is 13.5 Å². The van der Waals surface area contributed by atoms with Crippen molar-refractivity contribution < 1.29 is 13.6 Å². The number of hydrogen-bond donors (Lipinski definition) is 0. The molecular formula is C15H14F2N2O. The monoisotopic (exact) mass is 276 g/mol. The maximum Gasteiger partial charge on any atom is 0.257 e. The first-order chi connectivity index (χ1) is 9.49. The molecule has 1 heterocycles. The molecule has 3 nitrogen and oxygen atoms in total. The van der Waals surface area contributed by atoms with E-state index in [-0.39, 0.29) is 5.56 Å². The second kappa shape index (κ2) is 5.77. The molecule has 2 rings (SSSR count). The topological polar surface area (TPSA) is 33.2 Å². The van der Waals surface area contributed by atoms with Crippen LogP contribution in [0.25, 0.3) is 0 Å². The van der Waals surface area contributed by atoms with Gasteiger partial charge in [-0.25, -0.2) is 9.37 Å². The van der Waals surface area contributed by atoms with Gasteiger partial charge in [-0.3, -0.25) is 4.79 Å². The van der Waals surface area contributed by atoms with Gasteiger partial charge >= 0.3 is 0 Å². The molecule has 2 aromatic rings. The van der Waals surface area contributed by atoms with Gasteiger partial charge in [-0.1, -0.05) is 29.8 Å². The van der Waals surface area contributed by atoms with Crippen molar-refractivity contribution in [3.8, 4) is 0 Å². The van der Waals surface area contributed by atoms with Crippen molar-refractivity contribution >= 4 is 5.91 Å². The predicted molar refractivity (Wildman–Crippen MR) is 71.1 cm³/mol. The minimum atomic E-state index is -1.26. The Kier molecular flexibility index (Phi) is 4.08. The standard InChI is InChI=1S/C15H14F2N2O/c1-10-4-3-5-11(8-10)9-19(2)15(20)12-6-7-18-14(17)13(12)16/h3-8H,9H2,1-2H3. The zero-order chi connectivity index (χ0) is 14.7. The van der Waals surface area contributed by atoms with Gasteiger partial charge in [0.05, 0.1) is 5.56 Å². The lowest BCUT2D eigenvalue weighted by molar-refractivity contribution is 0.0779. The molecular weight excluding hydrogens is 262 g/mol. The van der Waals surface area contributed by atoms with E-state index in [0.717, 1.165) is 17.3 Å². The van der Waals surface area contributed by atoms with E-state index in [1.807, 2.05) is 31.2 Å². The second-order valence-corrected chi connectivity index (χ2v) is 4.61. The van der Waals surface area contributed by atoms with Gasteiger partial charge in [0.15, 0.2) is 5.82 Å². The van der Waals surface area contributed by atoms with Crippen LogP contribution < -0.4 is 0 Å². The van der Waals surface area contributed by atoms with E-state index in [4.69, 9.17) is 0 Å². The number of aromatic nitrogens is 1. The quantitative estimate of drug-likeness (QED) is 0.808. The lowest BCUT2D eigenvalue weighted by Crippen LogP contribution is -2.27. The zero-order valence-corrected chi connectivity index (χ0v) is 11.2. The van der Waals surface area contributed by atoms with Gasteiger partial charge in [0.25, 0.3) is 5.91 Å². The molecule has 1 aromatic carbocycles. The summed E-state index contributed by atoms with van der Waals surface area (Å²) in [7, 11) is 1.54. The number of benzene rings is 1. The second-order valence-electron chi connectivity index (χ2n) is 4.61. The molecule has 0 N–H and O–H groups in total. The summed E-state index contributed by atoms with van der Waals surface area (Å²) in [5, 5.41) is 0. The van der Waals surface area contributed by atoms with Crippen LogP contribution in [0.4, 0.5) is 8.78 Å². The van der Waals surface area contributed by atoms with Crippen LogP contribution in [0.5, 0.6) is 0 Å². The third-order valence-corrected chi connectivity index (χ3v) is 2.93. The van der Waals surface area contributed by atoms with Gasteiger partial charge in [-0.05, 0) is 18.6 Å². The molecule has 1 amide bonds. The fourth-order valence-electron chi connectivity index (χ4n) is 1.95. The lowest BCUT2D eigenvalue weighted by atomic mass is 10.1. The van der Waals surface area contributed by atoms with E-state index < -0.39 is 17.7 Å². The highest BCUT2D eigenvalue weighted by molar-refractivity contribution is 5.94. The Morgan fingerprint density at radius 2 is 2.05 bits per heavy atom. The third-order valence-electron chi connectivity index (χ3n) is 2.93. The fraction of sp³-hybridized carbons (Fsp3) is 0.200. The zero-order valence-electron chi connectivity index (χ0n) is 11.2. The third kappa shape index (κ3) is 2.99. The molecule has 1 aromatic heterocycles. The molecule has 0 radical (unpaired) electrons. The van der Waals surface area contributed by atoms with Gasteiger partial charge in [0.1, 0.15) is 0 Å². The Morgan fingerprint density at radius 3 is 2.75 bits per heavy atom. The van der Waals surface area contributed by atoms with Crippen LogP contribution in [0.15, 0.2) is 36.5 Å². The fourth-order valence-corrected chi connectivity index (χ4v) is 1.95. The number of hydrogen-bond acceptors (Lipinski definition) is 2. The number of aryl methyl sites for hydroxylation is 1. The van der Waals surface area contributed by atoms with Crippen LogP contribution in [0, 0.1) is 18.7 Å². The van der Waals surface area contributed by atoms with Crippen LogP contribution in [0.2, 0.25) is 0 Å². The van der Waals surface area contributed by atoms with E-state index >= 15 is 0 Å². The van der Waals surface area contributed by atoms with Gasteiger partial charge in [-0.2, -0.15) is 4.39 Å². The highest BCUT2D eigenvalue weighted by Crippen LogP contribution is 2.13. The lowest BCUT2D eigenvalue weighted by Gasteiger charge is -2.18. The summed E-state index contributed by atoms with van der Waals surface area (Å²) in [5.41, 5.74) is 1.69. The molecule has 0 aliphatic rings. The number of nitrogens with zero attached hydrogens (tertiary/aromatic N) is 2. The molecule has 5 heteroatoms. The maximum absolute atomic E-state index is 13.5. The van der Waals surface area contributed by atoms with Crippen LogP contribution >= 0.6 is 0 Å². The molecule has 0 unspecified atom stereocenters. The summed E-state index contributed by atoms with van der Waals surface area (Å²) in [4.78, 5) is 16.6. The van der Waals surface area contributed by atoms with Crippen molar-refractivity contribution in [3.05, 3.63) is 65.0 Å². The molecule has 0 aliphatic heterocycles. The molecule has 0 aliphatic carbocycles. The van der Waals surface area contributed by atoms with Gasteiger partial charge < -0.3 is 4.90 Å². The smallest absolute Gasteiger partial charge is 0.257 e. The van der Waals surface area contributed by atoms with E-state index in [1.165, 1.54) is 11.0 Å². The van der Waals surface area contributed by atoms with E-state index in [2.05, 4.69) is 4.98 Å². The summed E-state index contributed by atoms with van der Waals surface area (Å²) >= 11 is 0. The number of pyridine rings is 1. The number of carbonyl (C=O) groups excluding carboxylic acids is 1. The Bertz CT molecular complexity index is 644. The molecule has 104 valence electrons. The highest BCUT2D eigenvalue weighted by atomic mass is 19.2. The van der Waals surface area contributed by atoms with Gasteiger partial charge in [-0.15, -0.1) is 0 Å². The Morgan fingerprint density at radius 1 is 1.30 bits per heavy atom. The van der Waals surface area contributed by atoms with Crippen LogP contribution in [-0.2, 0) is 6.54 Å². The molecule has 0 bridgehead atoms. The predicted octanol–water partition coefficient (Wildman–Crippen LogP) is 2.94. The summed E-state index contributed by atoms with van der Waals surface area (Å²) in [6, 6.07) is 8.82. The number of amides is 1. The molecule has 0 saturated carbocycles. The summed E-state index contributed by atoms with van der Waals surface area (Å²) in [5.74, 6) is -3.06. The van der Waals surface area contributed by atoms with Crippen LogP contribution in [0.3, 0.4) is 0 Å². The largest absolute Gasteiger partial charge is 0.337 e. The van der Waals surface area contributed by atoms with Gasteiger partial charge in [0.2, 0.25) is 5.95 Å². The summed E-state index contributed by atoms with van der Waals surface area (Å²) in [6.45, 7) is 2.27. The molecule has 20 heavy (non-hydrogen) atoms. The van der Waals surface area contributed by atoms with Crippen LogP contribution in [-0.4, -0.2) is 22.8 Å². The average molecular weight is 276 g/mol. The number of halogens is 2. The van der Waals surface area contributed by atoms with Gasteiger partial charge in [0, 0.05) is 19.8 Å². The SMILES string of the molecule is Cc1cccc(CN(C)C(=O)c2ccnc(F)c2F)c1. The first-order valence-electron chi connectivity index (χ1n) is 6.10. The highest BCUT2D eigenvalue weighted by Gasteiger charge is 2.19. The van der Waals surface area contributed by atoms with Crippen molar-refractivity contribution in [1.82, 2.24) is 9.88 Å². The summed E-state index contributed by atoms with van der Waals surface area (Å²) in [6.07, 6.45) is 1.08. The minimum absolute atomic E-state index is 0.312. The van der Waals surface area contributed by atoms with Crippen molar-refractivity contribution in [3.63, 3.8) is 0 Å². The first-order valence-corrected chi connectivity index (χ1v) is 6.10. The van der Waals surface area contributed by atoms with E-state index in [9.17, 15) is 13.6 Å². The number of rotatable bonds is 3. The molecule has 0 fully saturated rings. The molecule has 0 atom stereocenters. The van der Waals surface area contributed by atoms with E-state index in [0.29, 0.717) is 6.54 Å². The number of carbonyl (C=O) groups is 1. The van der Waals surface area contributed by atoms with Crippen molar-refractivity contribution in [1.29, 1.82) is 0 Å². The average Bonchev–Trinajstić information content (AvgIpc) is 2.41. The molecule has 0 spiro atoms.